The van der Waals surface area contributed by atoms with Crippen molar-refractivity contribution in [1.82, 2.24) is 5.32 Å². The second-order valence-electron chi connectivity index (χ2n) is 7.02. The summed E-state index contributed by atoms with van der Waals surface area (Å²) in [6.45, 7) is 8.21. The summed E-state index contributed by atoms with van der Waals surface area (Å²) >= 11 is 0. The molecule has 0 spiro atoms. The largest absolute Gasteiger partial charge is 0.550 e. The van der Waals surface area contributed by atoms with Crippen molar-refractivity contribution in [3.05, 3.63) is 12.2 Å². The zero-order chi connectivity index (χ0) is 17.7. The van der Waals surface area contributed by atoms with E-state index in [1.165, 1.54) is 19.3 Å². The molecule has 1 N–H and O–H groups in total. The number of carbonyl (C=O) groups excluding carboxylic acids is 2. The molecule has 0 aliphatic heterocycles. The Hall–Kier alpha value is -1.36. The van der Waals surface area contributed by atoms with E-state index in [1.54, 1.807) is 6.92 Å². The fraction of sp³-hybridized carbons (Fsp3) is 0.778. The molecule has 1 amide bonds. The number of quaternary nitrogens is 1. The van der Waals surface area contributed by atoms with Crippen LogP contribution in [0.15, 0.2) is 12.2 Å². The molecule has 0 unspecified atom stereocenters. The molecule has 5 nitrogen and oxygen atoms in total. The lowest BCUT2D eigenvalue weighted by Gasteiger charge is -2.30. The maximum Gasteiger partial charge on any atom is 0.246 e. The first-order valence-electron chi connectivity index (χ1n) is 8.70. The Balaban J connectivity index is 3.55. The summed E-state index contributed by atoms with van der Waals surface area (Å²) < 4.78 is 0.966. The Morgan fingerprint density at radius 1 is 0.957 bits per heavy atom. The number of aliphatic carboxylic acids is 1. The van der Waals surface area contributed by atoms with Gasteiger partial charge in [0.25, 0.3) is 0 Å². The van der Waals surface area contributed by atoms with Crippen molar-refractivity contribution in [2.75, 3.05) is 33.7 Å². The Morgan fingerprint density at radius 2 is 1.48 bits per heavy atom. The maximum absolute atomic E-state index is 11.4. The van der Waals surface area contributed by atoms with E-state index in [0.717, 1.165) is 43.3 Å². The summed E-state index contributed by atoms with van der Waals surface area (Å²) in [4.78, 5) is 21.7. The molecule has 0 radical (unpaired) electrons. The van der Waals surface area contributed by atoms with Gasteiger partial charge in [0.15, 0.2) is 0 Å². The van der Waals surface area contributed by atoms with Gasteiger partial charge < -0.3 is 19.7 Å². The van der Waals surface area contributed by atoms with Gasteiger partial charge in [-0.25, -0.2) is 0 Å². The van der Waals surface area contributed by atoms with Gasteiger partial charge in [-0.05, 0) is 32.6 Å². The van der Waals surface area contributed by atoms with Crippen molar-refractivity contribution in [2.45, 2.75) is 58.3 Å². The molecule has 0 bridgehead atoms. The van der Waals surface area contributed by atoms with Crippen molar-refractivity contribution >= 4 is 11.9 Å². The SMILES string of the molecule is C=C(C)C(=O)NCCC[N+](C)(C)CCCCCCCCC(=O)[O-]. The molecule has 0 heterocycles. The number of carboxylic acid groups (broad SMARTS) is 1. The number of carboxylic acids is 1. The van der Waals surface area contributed by atoms with Crippen molar-refractivity contribution in [3.63, 3.8) is 0 Å². The van der Waals surface area contributed by atoms with Crippen LogP contribution in [0.3, 0.4) is 0 Å². The van der Waals surface area contributed by atoms with Crippen LogP contribution in [0.1, 0.15) is 58.3 Å². The van der Waals surface area contributed by atoms with Crippen molar-refractivity contribution < 1.29 is 19.2 Å². The van der Waals surface area contributed by atoms with Crippen molar-refractivity contribution in [2.24, 2.45) is 0 Å². The standard InChI is InChI=1S/C18H34N2O3/c1-16(2)18(23)19-13-11-15-20(3,4)14-10-8-6-5-7-9-12-17(21)22/h1,5-15H2,2-4H3,(H-,19,21,22,23). The minimum atomic E-state index is -0.941. The van der Waals surface area contributed by atoms with Gasteiger partial charge in [-0.2, -0.15) is 0 Å². The Labute approximate surface area is 141 Å². The predicted octanol–water partition coefficient (Wildman–Crippen LogP) is 1.63. The Bertz CT molecular complexity index is 378. The van der Waals surface area contributed by atoms with E-state index in [0.29, 0.717) is 12.1 Å². The molecule has 0 saturated heterocycles. The highest BCUT2D eigenvalue weighted by Crippen LogP contribution is 2.09. The van der Waals surface area contributed by atoms with Gasteiger partial charge >= 0.3 is 0 Å². The normalized spacial score (nSPS) is 11.3. The third-order valence-corrected chi connectivity index (χ3v) is 4.01. The third-order valence-electron chi connectivity index (χ3n) is 4.01. The number of hydrogen-bond acceptors (Lipinski definition) is 3. The lowest BCUT2D eigenvalue weighted by Crippen LogP contribution is -2.42. The minimum Gasteiger partial charge on any atom is -0.550 e. The Morgan fingerprint density at radius 3 is 2.04 bits per heavy atom. The van der Waals surface area contributed by atoms with Crippen LogP contribution < -0.4 is 10.4 Å². The molecular weight excluding hydrogens is 292 g/mol. The molecule has 0 aromatic rings. The topological polar surface area (TPSA) is 69.2 Å². The first-order valence-corrected chi connectivity index (χ1v) is 8.70. The van der Waals surface area contributed by atoms with Gasteiger partial charge in [-0.3, -0.25) is 4.79 Å². The average Bonchev–Trinajstić information content (AvgIpc) is 2.45. The molecule has 23 heavy (non-hydrogen) atoms. The van der Waals surface area contributed by atoms with Crippen LogP contribution in [0.5, 0.6) is 0 Å². The first-order chi connectivity index (χ1) is 10.7. The summed E-state index contributed by atoms with van der Waals surface area (Å²) in [5.41, 5.74) is 0.554. The highest BCUT2D eigenvalue weighted by Gasteiger charge is 2.14. The minimum absolute atomic E-state index is 0.0611. The molecule has 134 valence electrons. The van der Waals surface area contributed by atoms with E-state index in [1.807, 2.05) is 0 Å². The molecular formula is C18H34N2O3. The number of nitrogens with one attached hydrogen (secondary N) is 1. The van der Waals surface area contributed by atoms with E-state index in [4.69, 9.17) is 0 Å². The number of nitrogens with zero attached hydrogens (tertiary/aromatic N) is 1. The van der Waals surface area contributed by atoms with E-state index in [9.17, 15) is 14.7 Å². The molecule has 0 aliphatic rings. The van der Waals surface area contributed by atoms with Gasteiger partial charge in [-0.1, -0.05) is 25.8 Å². The van der Waals surface area contributed by atoms with Gasteiger partial charge in [0.2, 0.25) is 5.91 Å². The molecule has 5 heteroatoms. The third kappa shape index (κ3) is 14.0. The summed E-state index contributed by atoms with van der Waals surface area (Å²) in [5, 5.41) is 13.1. The van der Waals surface area contributed by atoms with Gasteiger partial charge in [0.05, 0.1) is 27.2 Å². The summed E-state index contributed by atoms with van der Waals surface area (Å²) in [5.74, 6) is -1.00. The number of rotatable bonds is 14. The van der Waals surface area contributed by atoms with Crippen LogP contribution in [-0.4, -0.2) is 50.1 Å². The van der Waals surface area contributed by atoms with E-state index >= 15 is 0 Å². The first kappa shape index (κ1) is 21.6. The van der Waals surface area contributed by atoms with Gasteiger partial charge in [-0.15, -0.1) is 0 Å². The van der Waals surface area contributed by atoms with Crippen LogP contribution in [0, 0.1) is 0 Å². The van der Waals surface area contributed by atoms with Crippen LogP contribution in [0.4, 0.5) is 0 Å². The fourth-order valence-corrected chi connectivity index (χ4v) is 2.49. The molecule has 0 aromatic heterocycles. The fourth-order valence-electron chi connectivity index (χ4n) is 2.49. The molecule has 0 aromatic carbocycles. The molecule has 0 saturated carbocycles. The van der Waals surface area contributed by atoms with Crippen LogP contribution in [-0.2, 0) is 9.59 Å². The summed E-state index contributed by atoms with van der Waals surface area (Å²) in [6.07, 6.45) is 7.52. The molecule has 0 rings (SSSR count). The number of carbonyl (C=O) groups is 2. The van der Waals surface area contributed by atoms with E-state index in [-0.39, 0.29) is 12.3 Å². The summed E-state index contributed by atoms with van der Waals surface area (Å²) in [7, 11) is 4.45. The quantitative estimate of drug-likeness (QED) is 0.300. The predicted molar refractivity (Wildman–Crippen MR) is 91.6 cm³/mol. The van der Waals surface area contributed by atoms with E-state index in [2.05, 4.69) is 26.0 Å². The van der Waals surface area contributed by atoms with Crippen molar-refractivity contribution in [3.8, 4) is 0 Å². The van der Waals surface area contributed by atoms with E-state index < -0.39 is 5.97 Å². The number of unbranched alkanes of at least 4 members (excludes halogenated alkanes) is 5. The highest BCUT2D eigenvalue weighted by atomic mass is 16.4. The zero-order valence-corrected chi connectivity index (χ0v) is 15.2. The highest BCUT2D eigenvalue weighted by molar-refractivity contribution is 5.91. The molecule has 0 atom stereocenters. The number of hydrogen-bond donors (Lipinski definition) is 1. The average molecular weight is 326 g/mol. The second-order valence-corrected chi connectivity index (χ2v) is 7.02. The molecule has 0 aliphatic carbocycles. The lowest BCUT2D eigenvalue weighted by atomic mass is 10.1. The van der Waals surface area contributed by atoms with Crippen LogP contribution in [0.25, 0.3) is 0 Å². The van der Waals surface area contributed by atoms with Gasteiger partial charge in [0.1, 0.15) is 0 Å². The molecule has 0 fully saturated rings. The van der Waals surface area contributed by atoms with Gasteiger partial charge in [0, 0.05) is 24.5 Å². The smallest absolute Gasteiger partial charge is 0.246 e. The monoisotopic (exact) mass is 326 g/mol. The summed E-state index contributed by atoms with van der Waals surface area (Å²) in [6, 6.07) is 0. The van der Waals surface area contributed by atoms with Crippen molar-refractivity contribution in [1.29, 1.82) is 0 Å². The Kier molecular flexibility index (Phi) is 11.4. The zero-order valence-electron chi connectivity index (χ0n) is 15.2. The maximum atomic E-state index is 11.4. The lowest BCUT2D eigenvalue weighted by molar-refractivity contribution is -0.890. The number of amides is 1. The van der Waals surface area contributed by atoms with Crippen LogP contribution in [0.2, 0.25) is 0 Å². The van der Waals surface area contributed by atoms with Crippen LogP contribution >= 0.6 is 0 Å². The second kappa shape index (κ2) is 12.1.